The molecule has 1 N–H and O–H groups in total. The smallest absolute Gasteiger partial charge is 0.176 e. The normalized spacial score (nSPS) is 9.43. The average molecular weight is 191 g/mol. The van der Waals surface area contributed by atoms with Gasteiger partial charge in [-0.05, 0) is 24.3 Å². The van der Waals surface area contributed by atoms with Gasteiger partial charge in [0, 0.05) is 5.56 Å². The molecule has 0 aromatic heterocycles. The number of rotatable bonds is 4. The van der Waals surface area contributed by atoms with Gasteiger partial charge in [0.15, 0.2) is 5.78 Å². The van der Waals surface area contributed by atoms with Gasteiger partial charge in [-0.25, -0.2) is 4.39 Å². The fraction of sp³-hybridized carbons (Fsp3) is 0.182. The summed E-state index contributed by atoms with van der Waals surface area (Å²) in [5.41, 5.74) is 0.482. The van der Waals surface area contributed by atoms with E-state index in [9.17, 15) is 9.18 Å². The predicted molar refractivity (Wildman–Crippen MR) is 52.4 cm³/mol. The molecular weight excluding hydrogens is 181 g/mol. The van der Waals surface area contributed by atoms with E-state index >= 15 is 0 Å². The molecule has 72 valence electrons. The molecule has 1 rings (SSSR count). The van der Waals surface area contributed by atoms with Gasteiger partial charge in [-0.1, -0.05) is 5.92 Å². The first-order valence-corrected chi connectivity index (χ1v) is 4.17. The van der Waals surface area contributed by atoms with Gasteiger partial charge in [0.25, 0.3) is 0 Å². The standard InChI is InChI=1S/C11H10FNO/c1-2-7-13-8-11(14)9-3-5-10(12)6-4-9/h1,3-6,13H,7-8H2. The molecule has 0 aliphatic rings. The van der Waals surface area contributed by atoms with Crippen LogP contribution in [0.15, 0.2) is 24.3 Å². The van der Waals surface area contributed by atoms with Gasteiger partial charge >= 0.3 is 0 Å². The highest BCUT2D eigenvalue weighted by molar-refractivity contribution is 5.97. The zero-order valence-electron chi connectivity index (χ0n) is 7.59. The largest absolute Gasteiger partial charge is 0.299 e. The maximum atomic E-state index is 12.5. The summed E-state index contributed by atoms with van der Waals surface area (Å²) < 4.78 is 12.5. The number of hydrogen-bond acceptors (Lipinski definition) is 2. The Morgan fingerprint density at radius 3 is 2.64 bits per heavy atom. The Bertz CT molecular complexity index is 351. The van der Waals surface area contributed by atoms with E-state index in [4.69, 9.17) is 6.42 Å². The molecular formula is C11H10FNO. The first kappa shape index (κ1) is 10.4. The van der Waals surface area contributed by atoms with Gasteiger partial charge < -0.3 is 0 Å². The third-order valence-electron chi connectivity index (χ3n) is 1.68. The molecule has 0 bridgehead atoms. The van der Waals surface area contributed by atoms with Crippen molar-refractivity contribution in [2.24, 2.45) is 0 Å². The second-order valence-electron chi connectivity index (χ2n) is 2.74. The van der Waals surface area contributed by atoms with Gasteiger partial charge in [-0.2, -0.15) is 0 Å². The predicted octanol–water partition coefficient (Wildman–Crippen LogP) is 1.23. The van der Waals surface area contributed by atoms with Crippen molar-refractivity contribution in [3.8, 4) is 12.3 Å². The third-order valence-corrected chi connectivity index (χ3v) is 1.68. The van der Waals surface area contributed by atoms with Crippen LogP contribution in [0.2, 0.25) is 0 Å². The first-order valence-electron chi connectivity index (χ1n) is 4.17. The van der Waals surface area contributed by atoms with Crippen molar-refractivity contribution in [3.63, 3.8) is 0 Å². The first-order chi connectivity index (χ1) is 6.74. The molecule has 0 aliphatic carbocycles. The molecule has 0 spiro atoms. The molecule has 0 aliphatic heterocycles. The van der Waals surface area contributed by atoms with Crippen LogP contribution in [-0.2, 0) is 0 Å². The number of carbonyl (C=O) groups is 1. The molecule has 1 aromatic carbocycles. The van der Waals surface area contributed by atoms with Crippen LogP contribution in [0.1, 0.15) is 10.4 Å². The summed E-state index contributed by atoms with van der Waals surface area (Å²) in [5.74, 6) is 1.91. The van der Waals surface area contributed by atoms with E-state index in [0.717, 1.165) is 0 Å². The van der Waals surface area contributed by atoms with E-state index in [1.165, 1.54) is 24.3 Å². The number of terminal acetylenes is 1. The van der Waals surface area contributed by atoms with Gasteiger partial charge in [-0.15, -0.1) is 6.42 Å². The molecule has 0 atom stereocenters. The SMILES string of the molecule is C#CCNCC(=O)c1ccc(F)cc1. The fourth-order valence-corrected chi connectivity index (χ4v) is 0.986. The summed E-state index contributed by atoms with van der Waals surface area (Å²) in [6, 6.07) is 5.42. The minimum Gasteiger partial charge on any atom is -0.299 e. The van der Waals surface area contributed by atoms with Crippen molar-refractivity contribution >= 4 is 5.78 Å². The van der Waals surface area contributed by atoms with Crippen molar-refractivity contribution in [3.05, 3.63) is 35.6 Å². The van der Waals surface area contributed by atoms with Crippen LogP contribution in [-0.4, -0.2) is 18.9 Å². The highest BCUT2D eigenvalue weighted by atomic mass is 19.1. The highest BCUT2D eigenvalue weighted by Gasteiger charge is 2.03. The highest BCUT2D eigenvalue weighted by Crippen LogP contribution is 2.02. The minimum absolute atomic E-state index is 0.0970. The molecule has 0 unspecified atom stereocenters. The van der Waals surface area contributed by atoms with Crippen molar-refractivity contribution in [1.29, 1.82) is 0 Å². The average Bonchev–Trinajstić information content (AvgIpc) is 2.19. The van der Waals surface area contributed by atoms with E-state index < -0.39 is 0 Å². The van der Waals surface area contributed by atoms with Crippen LogP contribution in [0, 0.1) is 18.2 Å². The Labute approximate surface area is 82.1 Å². The van der Waals surface area contributed by atoms with E-state index in [1.807, 2.05) is 0 Å². The molecule has 1 aromatic rings. The lowest BCUT2D eigenvalue weighted by atomic mass is 10.1. The summed E-state index contributed by atoms with van der Waals surface area (Å²) in [6.07, 6.45) is 5.00. The lowest BCUT2D eigenvalue weighted by Crippen LogP contribution is -2.23. The van der Waals surface area contributed by atoms with E-state index in [0.29, 0.717) is 12.1 Å². The number of halogens is 1. The Balaban J connectivity index is 2.53. The maximum Gasteiger partial charge on any atom is 0.176 e. The lowest BCUT2D eigenvalue weighted by molar-refractivity contribution is 0.0992. The molecule has 0 saturated carbocycles. The van der Waals surface area contributed by atoms with Crippen LogP contribution >= 0.6 is 0 Å². The zero-order valence-corrected chi connectivity index (χ0v) is 7.59. The molecule has 14 heavy (non-hydrogen) atoms. The second-order valence-corrected chi connectivity index (χ2v) is 2.74. The number of carbonyl (C=O) groups excluding carboxylic acids is 1. The topological polar surface area (TPSA) is 29.1 Å². The molecule has 3 heteroatoms. The number of nitrogens with one attached hydrogen (secondary N) is 1. The summed E-state index contributed by atoms with van der Waals surface area (Å²) in [5, 5.41) is 2.77. The van der Waals surface area contributed by atoms with Gasteiger partial charge in [-0.3, -0.25) is 10.1 Å². The van der Waals surface area contributed by atoms with Crippen molar-refractivity contribution in [2.75, 3.05) is 13.1 Å². The summed E-state index contributed by atoms with van der Waals surface area (Å²) in [7, 11) is 0. The molecule has 0 radical (unpaired) electrons. The number of hydrogen-bond donors (Lipinski definition) is 1. The van der Waals surface area contributed by atoms with E-state index in [2.05, 4.69) is 11.2 Å². The maximum absolute atomic E-state index is 12.5. The Kier molecular flexibility index (Phi) is 3.84. The Morgan fingerprint density at radius 2 is 2.07 bits per heavy atom. The summed E-state index contributed by atoms with van der Waals surface area (Å²) in [6.45, 7) is 0.531. The van der Waals surface area contributed by atoms with Crippen LogP contribution in [0.4, 0.5) is 4.39 Å². The van der Waals surface area contributed by atoms with Crippen molar-refractivity contribution in [1.82, 2.24) is 5.32 Å². The molecule has 0 amide bonds. The van der Waals surface area contributed by atoms with Crippen LogP contribution in [0.3, 0.4) is 0 Å². The minimum atomic E-state index is -0.349. The van der Waals surface area contributed by atoms with Crippen molar-refractivity contribution in [2.45, 2.75) is 0 Å². The van der Waals surface area contributed by atoms with Crippen molar-refractivity contribution < 1.29 is 9.18 Å². The monoisotopic (exact) mass is 191 g/mol. The van der Waals surface area contributed by atoms with Gasteiger partial charge in [0.05, 0.1) is 13.1 Å². The van der Waals surface area contributed by atoms with Crippen LogP contribution in [0.5, 0.6) is 0 Å². The van der Waals surface area contributed by atoms with E-state index in [1.54, 1.807) is 0 Å². The summed E-state index contributed by atoms with van der Waals surface area (Å²) in [4.78, 5) is 11.4. The number of ketones is 1. The lowest BCUT2D eigenvalue weighted by Gasteiger charge is -2.00. The number of Topliss-reactive ketones (excluding diaryl/α,β-unsaturated/α-hetero) is 1. The quantitative estimate of drug-likeness (QED) is 0.440. The molecule has 0 heterocycles. The zero-order chi connectivity index (χ0) is 10.4. The Hall–Kier alpha value is -1.66. The molecule has 0 fully saturated rings. The molecule has 2 nitrogen and oxygen atoms in total. The van der Waals surface area contributed by atoms with Gasteiger partial charge in [0.2, 0.25) is 0 Å². The Morgan fingerprint density at radius 1 is 1.43 bits per heavy atom. The van der Waals surface area contributed by atoms with Crippen LogP contribution in [0.25, 0.3) is 0 Å². The van der Waals surface area contributed by atoms with Crippen LogP contribution < -0.4 is 5.32 Å². The fourth-order valence-electron chi connectivity index (χ4n) is 0.986. The molecule has 0 saturated heterocycles. The summed E-state index contributed by atoms with van der Waals surface area (Å²) >= 11 is 0. The van der Waals surface area contributed by atoms with Gasteiger partial charge in [0.1, 0.15) is 5.82 Å². The number of benzene rings is 1. The third kappa shape index (κ3) is 3.00. The second kappa shape index (κ2) is 5.15. The van der Waals surface area contributed by atoms with E-state index in [-0.39, 0.29) is 18.1 Å².